The summed E-state index contributed by atoms with van der Waals surface area (Å²) in [6.07, 6.45) is 1.57. The number of furan rings is 1. The first-order valence-electron chi connectivity index (χ1n) is 9.43. The minimum absolute atomic E-state index is 0.373. The van der Waals surface area contributed by atoms with Crippen molar-refractivity contribution in [3.63, 3.8) is 0 Å². The van der Waals surface area contributed by atoms with Crippen molar-refractivity contribution in [1.29, 1.82) is 0 Å². The Morgan fingerprint density at radius 3 is 2.55 bits per heavy atom. The SMILES string of the molecule is CCN(CC)c1ccc(-c2nnc(SCc3noc(-c4ccco4)n3)n2C)cc1. The van der Waals surface area contributed by atoms with Gasteiger partial charge in [-0.1, -0.05) is 16.9 Å². The van der Waals surface area contributed by atoms with Crippen LogP contribution in [0.15, 0.2) is 56.8 Å². The third-order valence-electron chi connectivity index (χ3n) is 4.62. The van der Waals surface area contributed by atoms with Crippen molar-refractivity contribution in [2.45, 2.75) is 24.8 Å². The van der Waals surface area contributed by atoms with Crippen LogP contribution in [0.3, 0.4) is 0 Å². The van der Waals surface area contributed by atoms with Crippen molar-refractivity contribution in [3.05, 3.63) is 48.5 Å². The smallest absolute Gasteiger partial charge is 0.293 e. The highest BCUT2D eigenvalue weighted by Crippen LogP contribution is 2.27. The van der Waals surface area contributed by atoms with Crippen LogP contribution in [-0.4, -0.2) is 38.0 Å². The molecule has 1 aromatic carbocycles. The van der Waals surface area contributed by atoms with Crippen molar-refractivity contribution in [1.82, 2.24) is 24.9 Å². The lowest BCUT2D eigenvalue weighted by molar-refractivity contribution is 0.411. The average molecular weight is 411 g/mol. The lowest BCUT2D eigenvalue weighted by Crippen LogP contribution is -2.21. The Bertz CT molecular complexity index is 1050. The molecule has 0 radical (unpaired) electrons. The van der Waals surface area contributed by atoms with Crippen molar-refractivity contribution >= 4 is 17.4 Å². The number of benzene rings is 1. The van der Waals surface area contributed by atoms with E-state index >= 15 is 0 Å². The highest BCUT2D eigenvalue weighted by atomic mass is 32.2. The van der Waals surface area contributed by atoms with E-state index in [0.29, 0.717) is 23.2 Å². The number of hydrogen-bond donors (Lipinski definition) is 0. The summed E-state index contributed by atoms with van der Waals surface area (Å²) < 4.78 is 12.5. The van der Waals surface area contributed by atoms with Gasteiger partial charge in [-0.25, -0.2) is 0 Å². The molecule has 0 unspecified atom stereocenters. The van der Waals surface area contributed by atoms with Gasteiger partial charge in [-0.15, -0.1) is 10.2 Å². The quantitative estimate of drug-likeness (QED) is 0.398. The molecule has 4 aromatic rings. The van der Waals surface area contributed by atoms with Gasteiger partial charge < -0.3 is 18.4 Å². The van der Waals surface area contributed by atoms with Crippen LogP contribution in [0.25, 0.3) is 23.0 Å². The summed E-state index contributed by atoms with van der Waals surface area (Å²) in [5, 5.41) is 13.5. The van der Waals surface area contributed by atoms with Gasteiger partial charge in [-0.2, -0.15) is 4.98 Å². The molecule has 29 heavy (non-hydrogen) atoms. The summed E-state index contributed by atoms with van der Waals surface area (Å²) in [5.74, 6) is 2.86. The van der Waals surface area contributed by atoms with Crippen LogP contribution in [0.1, 0.15) is 19.7 Å². The summed E-state index contributed by atoms with van der Waals surface area (Å²) in [5.41, 5.74) is 2.24. The molecule has 0 aliphatic carbocycles. The Morgan fingerprint density at radius 2 is 1.86 bits per heavy atom. The van der Waals surface area contributed by atoms with Gasteiger partial charge in [-0.3, -0.25) is 0 Å². The van der Waals surface area contributed by atoms with E-state index in [4.69, 9.17) is 8.94 Å². The van der Waals surface area contributed by atoms with Gasteiger partial charge >= 0.3 is 0 Å². The highest BCUT2D eigenvalue weighted by molar-refractivity contribution is 7.98. The third kappa shape index (κ3) is 4.04. The van der Waals surface area contributed by atoms with Gasteiger partial charge in [0.1, 0.15) is 0 Å². The molecule has 0 saturated heterocycles. The van der Waals surface area contributed by atoms with E-state index in [9.17, 15) is 0 Å². The van der Waals surface area contributed by atoms with Gasteiger partial charge in [0.2, 0.25) is 0 Å². The number of aromatic nitrogens is 5. The van der Waals surface area contributed by atoms with E-state index in [1.165, 1.54) is 17.4 Å². The fraction of sp³-hybridized carbons (Fsp3) is 0.300. The van der Waals surface area contributed by atoms with Crippen molar-refractivity contribution in [2.24, 2.45) is 7.05 Å². The fourth-order valence-corrected chi connectivity index (χ4v) is 3.80. The second-order valence-electron chi connectivity index (χ2n) is 6.37. The molecule has 0 atom stereocenters. The average Bonchev–Trinajstić information content (AvgIpc) is 3.49. The van der Waals surface area contributed by atoms with Crippen LogP contribution in [0.2, 0.25) is 0 Å². The second kappa shape index (κ2) is 8.52. The maximum absolute atomic E-state index is 5.27. The van der Waals surface area contributed by atoms with Crippen LogP contribution in [0.4, 0.5) is 5.69 Å². The predicted octanol–water partition coefficient (Wildman–Crippen LogP) is 4.26. The zero-order valence-electron chi connectivity index (χ0n) is 16.6. The van der Waals surface area contributed by atoms with Crippen LogP contribution >= 0.6 is 11.8 Å². The molecule has 0 fully saturated rings. The van der Waals surface area contributed by atoms with Crippen LogP contribution in [0, 0.1) is 0 Å². The maximum Gasteiger partial charge on any atom is 0.293 e. The molecule has 3 aromatic heterocycles. The standard InChI is InChI=1S/C20H22N6O2S/c1-4-26(5-2)15-10-8-14(9-11-15)18-22-23-20(25(18)3)29-13-17-21-19(28-24-17)16-7-6-12-27-16/h6-12H,4-5,13H2,1-3H3. The number of hydrogen-bond acceptors (Lipinski definition) is 8. The molecular weight excluding hydrogens is 388 g/mol. The summed E-state index contributed by atoms with van der Waals surface area (Å²) in [7, 11) is 1.96. The minimum Gasteiger partial charge on any atom is -0.459 e. The monoisotopic (exact) mass is 410 g/mol. The van der Waals surface area contributed by atoms with E-state index in [1.807, 2.05) is 11.6 Å². The molecule has 0 aliphatic heterocycles. The minimum atomic E-state index is 0.373. The molecular formula is C20H22N6O2S. The first kappa shape index (κ1) is 19.3. The van der Waals surface area contributed by atoms with E-state index < -0.39 is 0 Å². The molecule has 0 spiro atoms. The van der Waals surface area contributed by atoms with Crippen LogP contribution < -0.4 is 4.90 Å². The molecule has 0 N–H and O–H groups in total. The van der Waals surface area contributed by atoms with Crippen LogP contribution in [-0.2, 0) is 12.8 Å². The largest absolute Gasteiger partial charge is 0.459 e. The first-order chi connectivity index (χ1) is 14.2. The van der Waals surface area contributed by atoms with E-state index in [2.05, 4.69) is 63.4 Å². The van der Waals surface area contributed by atoms with Gasteiger partial charge in [0.15, 0.2) is 22.6 Å². The zero-order valence-corrected chi connectivity index (χ0v) is 17.4. The lowest BCUT2D eigenvalue weighted by atomic mass is 10.2. The summed E-state index contributed by atoms with van der Waals surface area (Å²) in [4.78, 5) is 6.66. The number of nitrogens with zero attached hydrogens (tertiary/aromatic N) is 6. The molecule has 0 amide bonds. The van der Waals surface area contributed by atoms with Gasteiger partial charge in [0, 0.05) is 31.4 Å². The van der Waals surface area contributed by atoms with E-state index in [-0.39, 0.29) is 0 Å². The Hall–Kier alpha value is -3.07. The van der Waals surface area contributed by atoms with Gasteiger partial charge in [-0.05, 0) is 50.2 Å². The number of thioether (sulfide) groups is 1. The molecule has 4 rings (SSSR count). The Balaban J connectivity index is 1.45. The van der Waals surface area contributed by atoms with Crippen molar-refractivity contribution < 1.29 is 8.94 Å². The molecule has 9 heteroatoms. The molecule has 0 aliphatic rings. The maximum atomic E-state index is 5.27. The Morgan fingerprint density at radius 1 is 1.07 bits per heavy atom. The number of anilines is 1. The molecule has 0 bridgehead atoms. The van der Waals surface area contributed by atoms with E-state index in [0.717, 1.165) is 29.6 Å². The molecule has 150 valence electrons. The Labute approximate surface area is 172 Å². The summed E-state index contributed by atoms with van der Waals surface area (Å²) in [6.45, 7) is 6.28. The lowest BCUT2D eigenvalue weighted by Gasteiger charge is -2.21. The predicted molar refractivity (Wildman–Crippen MR) is 112 cm³/mol. The topological polar surface area (TPSA) is 86.0 Å². The van der Waals surface area contributed by atoms with Gasteiger partial charge in [0.25, 0.3) is 5.89 Å². The van der Waals surface area contributed by atoms with Gasteiger partial charge in [0.05, 0.1) is 12.0 Å². The third-order valence-corrected chi connectivity index (χ3v) is 5.64. The molecule has 3 heterocycles. The highest BCUT2D eigenvalue weighted by Gasteiger charge is 2.15. The Kier molecular flexibility index (Phi) is 5.66. The van der Waals surface area contributed by atoms with E-state index in [1.54, 1.807) is 18.4 Å². The van der Waals surface area contributed by atoms with Crippen molar-refractivity contribution in [2.75, 3.05) is 18.0 Å². The molecule has 0 saturated carbocycles. The first-order valence-corrected chi connectivity index (χ1v) is 10.4. The van der Waals surface area contributed by atoms with Crippen LogP contribution in [0.5, 0.6) is 0 Å². The molecule has 8 nitrogen and oxygen atoms in total. The number of rotatable bonds is 8. The summed E-state index contributed by atoms with van der Waals surface area (Å²) >= 11 is 1.51. The summed E-state index contributed by atoms with van der Waals surface area (Å²) in [6, 6.07) is 12.0. The van der Waals surface area contributed by atoms with Crippen molar-refractivity contribution in [3.8, 4) is 23.0 Å². The fourth-order valence-electron chi connectivity index (χ4n) is 3.04. The second-order valence-corrected chi connectivity index (χ2v) is 7.31. The normalized spacial score (nSPS) is 11.1. The zero-order chi connectivity index (χ0) is 20.2.